The molecule has 7 heteroatoms. The molecule has 134 valence electrons. The summed E-state index contributed by atoms with van der Waals surface area (Å²) in [5, 5.41) is 2.32. The zero-order chi connectivity index (χ0) is 18.5. The highest BCUT2D eigenvalue weighted by atomic mass is 16.2. The maximum absolute atomic E-state index is 12.8. The molecule has 0 bridgehead atoms. The van der Waals surface area contributed by atoms with Crippen molar-refractivity contribution >= 4 is 23.4 Å². The van der Waals surface area contributed by atoms with Gasteiger partial charge in [-0.1, -0.05) is 12.1 Å². The smallest absolute Gasteiger partial charge is 0.255 e. The van der Waals surface area contributed by atoms with Crippen LogP contribution in [0.1, 0.15) is 28.8 Å². The second-order valence-electron chi connectivity index (χ2n) is 6.86. The van der Waals surface area contributed by atoms with E-state index < -0.39 is 11.9 Å². The Bertz CT molecular complexity index is 1080. The number of piperidine rings is 1. The summed E-state index contributed by atoms with van der Waals surface area (Å²) >= 11 is 0. The number of fused-ring (bicyclic) bond motifs is 2. The Morgan fingerprint density at radius 2 is 2.00 bits per heavy atom. The number of carbonyl (C=O) groups excluding carboxylic acids is 3. The summed E-state index contributed by atoms with van der Waals surface area (Å²) in [4.78, 5) is 42.4. The Hall–Kier alpha value is -3.48. The summed E-state index contributed by atoms with van der Waals surface area (Å²) in [6.07, 6.45) is 4.51. The van der Waals surface area contributed by atoms with E-state index in [9.17, 15) is 14.4 Å². The molecule has 0 saturated carbocycles. The number of amides is 3. The Balaban J connectivity index is 1.47. The molecule has 7 nitrogen and oxygen atoms in total. The lowest BCUT2D eigenvalue weighted by molar-refractivity contribution is -0.136. The van der Waals surface area contributed by atoms with Gasteiger partial charge in [-0.15, -0.1) is 0 Å². The van der Waals surface area contributed by atoms with E-state index in [2.05, 4.69) is 10.3 Å². The number of pyridine rings is 1. The van der Waals surface area contributed by atoms with Crippen LogP contribution in [0.5, 0.6) is 0 Å². The van der Waals surface area contributed by atoms with E-state index in [0.29, 0.717) is 18.5 Å². The van der Waals surface area contributed by atoms with Crippen LogP contribution >= 0.6 is 0 Å². The number of benzene rings is 1. The highest BCUT2D eigenvalue weighted by molar-refractivity contribution is 6.05. The molecule has 4 heterocycles. The first-order chi connectivity index (χ1) is 13.1. The predicted molar refractivity (Wildman–Crippen MR) is 96.7 cm³/mol. The molecule has 3 amide bonds. The topological polar surface area (TPSA) is 83.8 Å². The Kier molecular flexibility index (Phi) is 3.36. The van der Waals surface area contributed by atoms with Crippen LogP contribution in [-0.2, 0) is 16.1 Å². The zero-order valence-corrected chi connectivity index (χ0v) is 14.4. The summed E-state index contributed by atoms with van der Waals surface area (Å²) in [7, 11) is 0. The fourth-order valence-corrected chi connectivity index (χ4v) is 3.81. The SMILES string of the molecule is O=C1CCC(N2Cc3cc(-c4cn5ccccc5n4)ccc3C2=O)C(=O)N1. The molecule has 1 N–H and O–H groups in total. The van der Waals surface area contributed by atoms with Crippen molar-refractivity contribution in [3.63, 3.8) is 0 Å². The van der Waals surface area contributed by atoms with Crippen molar-refractivity contribution in [2.45, 2.75) is 25.4 Å². The van der Waals surface area contributed by atoms with E-state index in [-0.39, 0.29) is 18.2 Å². The molecule has 2 aliphatic rings. The average molecular weight is 360 g/mol. The lowest BCUT2D eigenvalue weighted by atomic mass is 10.0. The van der Waals surface area contributed by atoms with Crippen LogP contribution in [0.15, 0.2) is 48.8 Å². The van der Waals surface area contributed by atoms with Crippen molar-refractivity contribution in [1.29, 1.82) is 0 Å². The maximum atomic E-state index is 12.8. The van der Waals surface area contributed by atoms with Crippen LogP contribution in [0.25, 0.3) is 16.9 Å². The number of nitrogens with zero attached hydrogens (tertiary/aromatic N) is 3. The minimum atomic E-state index is -0.596. The first-order valence-electron chi connectivity index (χ1n) is 8.82. The van der Waals surface area contributed by atoms with Gasteiger partial charge in [0, 0.05) is 36.5 Å². The Labute approximate surface area is 154 Å². The van der Waals surface area contributed by atoms with E-state index in [4.69, 9.17) is 0 Å². The standard InChI is InChI=1S/C20H16N4O3/c25-18-7-6-16(19(26)22-18)24-10-13-9-12(4-5-14(13)20(24)27)15-11-23-8-2-1-3-17(23)21-15/h1-5,8-9,11,16H,6-7,10H2,(H,22,25,26). The second kappa shape index (κ2) is 5.77. The van der Waals surface area contributed by atoms with Gasteiger partial charge in [0.15, 0.2) is 0 Å². The fraction of sp³-hybridized carbons (Fsp3) is 0.200. The van der Waals surface area contributed by atoms with Gasteiger partial charge in [0.2, 0.25) is 11.8 Å². The van der Waals surface area contributed by atoms with Crippen LogP contribution in [0.4, 0.5) is 0 Å². The summed E-state index contributed by atoms with van der Waals surface area (Å²) in [5.41, 5.74) is 4.09. The van der Waals surface area contributed by atoms with Crippen molar-refractivity contribution < 1.29 is 14.4 Å². The Morgan fingerprint density at radius 1 is 1.11 bits per heavy atom. The number of imidazole rings is 1. The average Bonchev–Trinajstić information content (AvgIpc) is 3.23. The molecule has 1 saturated heterocycles. The summed E-state index contributed by atoms with van der Waals surface area (Å²) < 4.78 is 1.95. The Morgan fingerprint density at radius 3 is 2.81 bits per heavy atom. The molecule has 3 aromatic rings. The van der Waals surface area contributed by atoms with Gasteiger partial charge in [0.1, 0.15) is 11.7 Å². The molecule has 2 aromatic heterocycles. The van der Waals surface area contributed by atoms with E-state index in [1.807, 2.05) is 47.1 Å². The first-order valence-corrected chi connectivity index (χ1v) is 8.82. The van der Waals surface area contributed by atoms with Crippen LogP contribution in [0, 0.1) is 0 Å². The molecular formula is C20H16N4O3. The van der Waals surface area contributed by atoms with E-state index in [1.165, 1.54) is 0 Å². The normalized spacial score (nSPS) is 19.5. The molecule has 2 aliphatic heterocycles. The van der Waals surface area contributed by atoms with Crippen molar-refractivity contribution in [1.82, 2.24) is 19.6 Å². The van der Waals surface area contributed by atoms with Crippen LogP contribution in [0.2, 0.25) is 0 Å². The van der Waals surface area contributed by atoms with Crippen molar-refractivity contribution in [2.24, 2.45) is 0 Å². The molecule has 0 aliphatic carbocycles. The van der Waals surface area contributed by atoms with Gasteiger partial charge in [-0.3, -0.25) is 19.7 Å². The van der Waals surface area contributed by atoms with Crippen molar-refractivity contribution in [3.05, 3.63) is 59.9 Å². The molecule has 0 spiro atoms. The minimum absolute atomic E-state index is 0.166. The molecule has 1 atom stereocenters. The van der Waals surface area contributed by atoms with Crippen LogP contribution in [-0.4, -0.2) is 38.0 Å². The molecule has 1 unspecified atom stereocenters. The predicted octanol–water partition coefficient (Wildman–Crippen LogP) is 1.76. The quantitative estimate of drug-likeness (QED) is 0.706. The van der Waals surface area contributed by atoms with Gasteiger partial charge in [-0.05, 0) is 36.2 Å². The summed E-state index contributed by atoms with van der Waals surface area (Å²) in [6, 6.07) is 10.9. The second-order valence-corrected chi connectivity index (χ2v) is 6.86. The molecule has 27 heavy (non-hydrogen) atoms. The van der Waals surface area contributed by atoms with Gasteiger partial charge < -0.3 is 9.30 Å². The van der Waals surface area contributed by atoms with E-state index in [1.54, 1.807) is 11.0 Å². The van der Waals surface area contributed by atoms with Gasteiger partial charge in [-0.25, -0.2) is 4.98 Å². The third-order valence-corrected chi connectivity index (χ3v) is 5.18. The lowest BCUT2D eigenvalue weighted by Crippen LogP contribution is -2.52. The number of rotatable bonds is 2. The van der Waals surface area contributed by atoms with Gasteiger partial charge in [0.05, 0.1) is 5.69 Å². The highest BCUT2D eigenvalue weighted by Gasteiger charge is 2.39. The molecule has 0 radical (unpaired) electrons. The van der Waals surface area contributed by atoms with Crippen molar-refractivity contribution in [2.75, 3.05) is 0 Å². The lowest BCUT2D eigenvalue weighted by Gasteiger charge is -2.29. The number of hydrogen-bond donors (Lipinski definition) is 1. The third kappa shape index (κ3) is 2.51. The van der Waals surface area contributed by atoms with Gasteiger partial charge in [-0.2, -0.15) is 0 Å². The maximum Gasteiger partial charge on any atom is 0.255 e. The molecular weight excluding hydrogens is 344 g/mol. The first kappa shape index (κ1) is 15.7. The van der Waals surface area contributed by atoms with Crippen LogP contribution < -0.4 is 5.32 Å². The van der Waals surface area contributed by atoms with E-state index in [0.717, 1.165) is 22.5 Å². The number of hydrogen-bond acceptors (Lipinski definition) is 4. The highest BCUT2D eigenvalue weighted by Crippen LogP contribution is 2.31. The fourth-order valence-electron chi connectivity index (χ4n) is 3.81. The van der Waals surface area contributed by atoms with E-state index >= 15 is 0 Å². The minimum Gasteiger partial charge on any atom is -0.322 e. The number of nitrogens with one attached hydrogen (secondary N) is 1. The molecule has 1 aromatic carbocycles. The summed E-state index contributed by atoms with van der Waals surface area (Å²) in [5.74, 6) is -0.844. The molecule has 5 rings (SSSR count). The largest absolute Gasteiger partial charge is 0.322 e. The van der Waals surface area contributed by atoms with Crippen molar-refractivity contribution in [3.8, 4) is 11.3 Å². The number of imide groups is 1. The van der Waals surface area contributed by atoms with Gasteiger partial charge >= 0.3 is 0 Å². The zero-order valence-electron chi connectivity index (χ0n) is 14.4. The van der Waals surface area contributed by atoms with Gasteiger partial charge in [0.25, 0.3) is 5.91 Å². The number of aromatic nitrogens is 2. The monoisotopic (exact) mass is 360 g/mol. The molecule has 1 fully saturated rings. The number of carbonyl (C=O) groups is 3. The third-order valence-electron chi connectivity index (χ3n) is 5.18. The summed E-state index contributed by atoms with van der Waals surface area (Å²) in [6.45, 7) is 0.363. The van der Waals surface area contributed by atoms with Crippen LogP contribution in [0.3, 0.4) is 0 Å².